The Labute approximate surface area is 213 Å². The highest BCUT2D eigenvalue weighted by atomic mass is 16.6. The zero-order chi connectivity index (χ0) is 26.0. The summed E-state index contributed by atoms with van der Waals surface area (Å²) in [5.41, 5.74) is -1.70. The summed E-state index contributed by atoms with van der Waals surface area (Å²) in [4.78, 5) is 23.7. The number of amides is 1. The first-order chi connectivity index (χ1) is 16.7. The van der Waals surface area contributed by atoms with Gasteiger partial charge in [-0.1, -0.05) is 84.0 Å². The second-order valence-corrected chi connectivity index (χ2v) is 10.6. The van der Waals surface area contributed by atoms with Crippen LogP contribution in [0.25, 0.3) is 0 Å². The highest BCUT2D eigenvalue weighted by molar-refractivity contribution is 5.77. The van der Waals surface area contributed by atoms with Crippen LogP contribution in [0.1, 0.15) is 118 Å². The average molecular weight is 500 g/mol. The van der Waals surface area contributed by atoms with Crippen molar-refractivity contribution in [3.05, 3.63) is 0 Å². The van der Waals surface area contributed by atoms with E-state index >= 15 is 0 Å². The van der Waals surface area contributed by atoms with E-state index in [0.29, 0.717) is 13.0 Å². The molecule has 8 heteroatoms. The molecule has 1 aliphatic rings. The van der Waals surface area contributed by atoms with Crippen LogP contribution in [0.3, 0.4) is 0 Å². The smallest absolute Gasteiger partial charge is 0.305 e. The molecule has 35 heavy (non-hydrogen) atoms. The first kappa shape index (κ1) is 31.8. The van der Waals surface area contributed by atoms with Crippen LogP contribution in [0.5, 0.6) is 0 Å². The van der Waals surface area contributed by atoms with E-state index < -0.39 is 11.3 Å². The number of hydrogen-bond donors (Lipinski definition) is 1. The third-order valence-electron chi connectivity index (χ3n) is 6.54. The summed E-state index contributed by atoms with van der Waals surface area (Å²) in [6.07, 6.45) is 17.0. The van der Waals surface area contributed by atoms with E-state index in [0.717, 1.165) is 17.9 Å². The molecule has 0 aromatic rings. The van der Waals surface area contributed by atoms with Gasteiger partial charge in [0.2, 0.25) is 5.91 Å². The molecule has 0 aliphatic carbocycles. The Bertz CT molecular complexity index is 586. The summed E-state index contributed by atoms with van der Waals surface area (Å²) in [6.45, 7) is 8.04. The number of nitrogens with zero attached hydrogens (tertiary/aromatic N) is 1. The molecule has 1 rings (SSSR count). The fourth-order valence-electron chi connectivity index (χ4n) is 4.26. The Balaban J connectivity index is 1.88. The molecule has 0 spiro atoms. The van der Waals surface area contributed by atoms with Crippen molar-refractivity contribution >= 4 is 11.9 Å². The summed E-state index contributed by atoms with van der Waals surface area (Å²) >= 11 is 0. The number of esters is 1. The monoisotopic (exact) mass is 499 g/mol. The lowest BCUT2D eigenvalue weighted by atomic mass is 10.0. The van der Waals surface area contributed by atoms with E-state index in [1.54, 1.807) is 20.8 Å². The molecular formula is C27H51N2O6. The molecule has 0 saturated carbocycles. The number of hydrogen-bond acceptors (Lipinski definition) is 6. The topological polar surface area (TPSA) is 97.0 Å². The number of carbonyl (C=O) groups is 2. The molecule has 1 N–H and O–H groups in total. The largest absolute Gasteiger partial charge is 0.463 e. The van der Waals surface area contributed by atoms with Crippen molar-refractivity contribution in [2.75, 3.05) is 33.0 Å². The third kappa shape index (κ3) is 14.2. The lowest BCUT2D eigenvalue weighted by molar-refractivity contribution is -0.281. The molecule has 0 aromatic carbocycles. The van der Waals surface area contributed by atoms with Gasteiger partial charge in [-0.25, -0.2) is 0 Å². The van der Waals surface area contributed by atoms with Gasteiger partial charge in [0.05, 0.1) is 25.3 Å². The molecule has 0 bridgehead atoms. The molecule has 0 aromatic heterocycles. The quantitative estimate of drug-likeness (QED) is 0.170. The van der Waals surface area contributed by atoms with Crippen LogP contribution >= 0.6 is 0 Å². The summed E-state index contributed by atoms with van der Waals surface area (Å²) in [5.74, 6) is -0.559. The van der Waals surface area contributed by atoms with E-state index in [2.05, 4.69) is 12.2 Å². The lowest BCUT2D eigenvalue weighted by Gasteiger charge is -2.32. The molecule has 205 valence electrons. The molecular weight excluding hydrogens is 448 g/mol. The van der Waals surface area contributed by atoms with Gasteiger partial charge in [-0.15, -0.1) is 10.3 Å². The van der Waals surface area contributed by atoms with E-state index in [-0.39, 0.29) is 38.2 Å². The van der Waals surface area contributed by atoms with Gasteiger partial charge in [0.25, 0.3) is 0 Å². The zero-order valence-electron chi connectivity index (χ0n) is 22.8. The predicted molar refractivity (Wildman–Crippen MR) is 136 cm³/mol. The van der Waals surface area contributed by atoms with Crippen LogP contribution < -0.4 is 5.32 Å². The zero-order valence-corrected chi connectivity index (χ0v) is 22.8. The van der Waals surface area contributed by atoms with Crippen LogP contribution in [0.2, 0.25) is 0 Å². The second kappa shape index (κ2) is 18.1. The van der Waals surface area contributed by atoms with Crippen LogP contribution in [0.15, 0.2) is 0 Å². The number of hydroxylamine groups is 2. The Kier molecular flexibility index (Phi) is 16.4. The first-order valence-corrected chi connectivity index (χ1v) is 13.8. The van der Waals surface area contributed by atoms with E-state index in [4.69, 9.17) is 14.2 Å². The van der Waals surface area contributed by atoms with Gasteiger partial charge in [-0.2, -0.15) is 0 Å². The molecule has 1 amide bonds. The minimum atomic E-state index is -1.08. The van der Waals surface area contributed by atoms with E-state index in [1.165, 1.54) is 70.6 Å². The fraction of sp³-hybridized carbons (Fsp3) is 0.926. The van der Waals surface area contributed by atoms with Crippen LogP contribution in [0, 0.1) is 0 Å². The number of carbonyl (C=O) groups excluding carboxylic acids is 2. The maximum atomic E-state index is 12.3. The lowest BCUT2D eigenvalue weighted by Crippen LogP contribution is -2.53. The highest BCUT2D eigenvalue weighted by Crippen LogP contribution is 2.32. The Morgan fingerprint density at radius 1 is 0.857 bits per heavy atom. The van der Waals surface area contributed by atoms with E-state index in [9.17, 15) is 14.8 Å². The highest BCUT2D eigenvalue weighted by Gasteiger charge is 2.50. The van der Waals surface area contributed by atoms with Gasteiger partial charge in [0.15, 0.2) is 5.72 Å². The maximum Gasteiger partial charge on any atom is 0.305 e. The van der Waals surface area contributed by atoms with Crippen molar-refractivity contribution in [2.24, 2.45) is 0 Å². The van der Waals surface area contributed by atoms with Crippen molar-refractivity contribution in [1.82, 2.24) is 10.4 Å². The number of unbranched alkanes of at least 4 members (excludes halogenated alkanes) is 12. The Morgan fingerprint density at radius 2 is 1.40 bits per heavy atom. The standard InChI is InChI=1S/C27H51N2O6/c1-5-6-7-8-9-10-11-12-13-14-15-16-17-18-25(31)34-20-19-33-21-24(30)28-22-27(4)29(32)26(2,3)23-35-27/h5-23H2,1-4H3,(H,28,30). The van der Waals surface area contributed by atoms with Crippen LogP contribution in [-0.4, -0.2) is 61.2 Å². The predicted octanol–water partition coefficient (Wildman–Crippen LogP) is 5.32. The summed E-state index contributed by atoms with van der Waals surface area (Å²) in [5, 5.41) is 15.8. The van der Waals surface area contributed by atoms with Gasteiger partial charge in [-0.05, 0) is 27.2 Å². The van der Waals surface area contributed by atoms with Crippen molar-refractivity contribution in [1.29, 1.82) is 0 Å². The molecule has 1 heterocycles. The molecule has 1 radical (unpaired) electrons. The number of ether oxygens (including phenoxy) is 3. The molecule has 1 unspecified atom stereocenters. The van der Waals surface area contributed by atoms with Gasteiger partial charge in [0, 0.05) is 6.42 Å². The Morgan fingerprint density at radius 3 is 1.91 bits per heavy atom. The minimum absolute atomic E-state index is 0.0796. The van der Waals surface area contributed by atoms with Gasteiger partial charge in [-0.3, -0.25) is 9.59 Å². The average Bonchev–Trinajstić information content (AvgIpc) is 3.04. The summed E-state index contributed by atoms with van der Waals surface area (Å²) in [7, 11) is 0. The fourth-order valence-corrected chi connectivity index (χ4v) is 4.26. The van der Waals surface area contributed by atoms with E-state index in [1.807, 2.05) is 0 Å². The van der Waals surface area contributed by atoms with Gasteiger partial charge in [0.1, 0.15) is 13.2 Å². The van der Waals surface area contributed by atoms with Crippen molar-refractivity contribution in [3.63, 3.8) is 0 Å². The Hall–Kier alpha value is -1.22. The van der Waals surface area contributed by atoms with Gasteiger partial charge < -0.3 is 19.5 Å². The second-order valence-electron chi connectivity index (χ2n) is 10.6. The molecule has 8 nitrogen and oxygen atoms in total. The van der Waals surface area contributed by atoms with Crippen molar-refractivity contribution in [3.8, 4) is 0 Å². The SMILES string of the molecule is CCCCCCCCCCCCCCCC(=O)OCCOCC(=O)NCC1(C)OCC(C)(C)N1[O]. The van der Waals surface area contributed by atoms with Crippen LogP contribution in [-0.2, 0) is 29.0 Å². The molecule has 1 aliphatic heterocycles. The number of rotatable bonds is 21. The molecule has 1 saturated heterocycles. The van der Waals surface area contributed by atoms with Crippen LogP contribution in [0.4, 0.5) is 0 Å². The first-order valence-electron chi connectivity index (χ1n) is 13.8. The number of nitrogens with one attached hydrogen (secondary N) is 1. The van der Waals surface area contributed by atoms with Crippen molar-refractivity contribution < 1.29 is 29.0 Å². The maximum absolute atomic E-state index is 12.3. The summed E-state index contributed by atoms with van der Waals surface area (Å²) < 4.78 is 16.0. The van der Waals surface area contributed by atoms with Crippen molar-refractivity contribution in [2.45, 2.75) is 129 Å². The van der Waals surface area contributed by atoms with Gasteiger partial charge >= 0.3 is 5.97 Å². The molecule has 1 fully saturated rings. The molecule has 1 atom stereocenters. The normalized spacial score (nSPS) is 19.7. The third-order valence-corrected chi connectivity index (χ3v) is 6.54. The summed E-state index contributed by atoms with van der Waals surface area (Å²) in [6, 6.07) is 0. The minimum Gasteiger partial charge on any atom is -0.463 e.